The van der Waals surface area contributed by atoms with Crippen LogP contribution in [0.5, 0.6) is 0 Å². The highest BCUT2D eigenvalue weighted by Gasteiger charge is 2.13. The van der Waals surface area contributed by atoms with Gasteiger partial charge in [-0.15, -0.1) is 0 Å². The zero-order valence-electron chi connectivity index (χ0n) is 10.9. The maximum Gasteiger partial charge on any atom is 0.305 e. The molecule has 6 heteroatoms. The van der Waals surface area contributed by atoms with Crippen LogP contribution in [0.3, 0.4) is 0 Å². The highest BCUT2D eigenvalue weighted by molar-refractivity contribution is 5.89. The van der Waals surface area contributed by atoms with Crippen molar-refractivity contribution in [3.05, 3.63) is 35.8 Å². The average molecular weight is 278 g/mol. The number of fused-ring (bicyclic) bond motifs is 1. The van der Waals surface area contributed by atoms with E-state index in [2.05, 4.69) is 10.3 Å². The second-order valence-corrected chi connectivity index (χ2v) is 4.75. The van der Waals surface area contributed by atoms with Gasteiger partial charge in [-0.3, -0.25) is 9.59 Å². The Morgan fingerprint density at radius 3 is 2.90 bits per heavy atom. The van der Waals surface area contributed by atoms with E-state index >= 15 is 0 Å². The van der Waals surface area contributed by atoms with Crippen molar-refractivity contribution in [2.45, 2.75) is 25.8 Å². The lowest BCUT2D eigenvalue weighted by atomic mass is 10.1. The SMILES string of the molecule is CC(CC(=O)O)NC(=O)Cc1c[nH]c2cc(F)ccc12. The lowest BCUT2D eigenvalue weighted by molar-refractivity contribution is -0.137. The number of nitrogens with one attached hydrogen (secondary N) is 2. The Kier molecular flexibility index (Phi) is 4.02. The molecule has 0 radical (unpaired) electrons. The number of carboxylic acid groups (broad SMARTS) is 1. The van der Waals surface area contributed by atoms with Crippen molar-refractivity contribution in [2.24, 2.45) is 0 Å². The van der Waals surface area contributed by atoms with Crippen LogP contribution in [0, 0.1) is 5.82 Å². The molecule has 0 fully saturated rings. The first-order valence-electron chi connectivity index (χ1n) is 6.22. The molecule has 106 valence electrons. The fourth-order valence-electron chi connectivity index (χ4n) is 2.12. The third kappa shape index (κ3) is 3.34. The zero-order valence-corrected chi connectivity index (χ0v) is 10.9. The van der Waals surface area contributed by atoms with E-state index < -0.39 is 12.0 Å². The molecule has 1 aromatic carbocycles. The predicted octanol–water partition coefficient (Wildman–Crippen LogP) is 1.83. The zero-order chi connectivity index (χ0) is 14.7. The minimum atomic E-state index is -0.958. The quantitative estimate of drug-likeness (QED) is 0.780. The standard InChI is InChI=1S/C14H15FN2O3/c1-8(4-14(19)20)17-13(18)5-9-7-16-12-6-10(15)2-3-11(9)12/h2-3,6-8,16H,4-5H2,1H3,(H,17,18)(H,19,20). The van der Waals surface area contributed by atoms with Crippen molar-refractivity contribution in [2.75, 3.05) is 0 Å². The highest BCUT2D eigenvalue weighted by atomic mass is 19.1. The summed E-state index contributed by atoms with van der Waals surface area (Å²) >= 11 is 0. The molecule has 0 saturated heterocycles. The molecular weight excluding hydrogens is 263 g/mol. The Morgan fingerprint density at radius 2 is 2.20 bits per heavy atom. The summed E-state index contributed by atoms with van der Waals surface area (Å²) in [7, 11) is 0. The molecule has 1 aromatic heterocycles. The Morgan fingerprint density at radius 1 is 1.45 bits per heavy atom. The van der Waals surface area contributed by atoms with Gasteiger partial charge in [-0.1, -0.05) is 0 Å². The van der Waals surface area contributed by atoms with E-state index in [0.29, 0.717) is 5.52 Å². The molecule has 0 saturated carbocycles. The van der Waals surface area contributed by atoms with Crippen LogP contribution in [0.2, 0.25) is 0 Å². The first-order chi connectivity index (χ1) is 9.45. The molecule has 2 aromatic rings. The Hall–Kier alpha value is -2.37. The summed E-state index contributed by atoms with van der Waals surface area (Å²) in [6.45, 7) is 1.64. The number of H-pyrrole nitrogens is 1. The van der Waals surface area contributed by atoms with Gasteiger partial charge in [0, 0.05) is 23.1 Å². The van der Waals surface area contributed by atoms with E-state index in [4.69, 9.17) is 5.11 Å². The molecule has 0 aliphatic rings. The number of rotatable bonds is 5. The molecule has 0 aliphatic heterocycles. The van der Waals surface area contributed by atoms with Crippen molar-refractivity contribution in [3.8, 4) is 0 Å². The number of hydrogen-bond donors (Lipinski definition) is 3. The number of carbonyl (C=O) groups is 2. The summed E-state index contributed by atoms with van der Waals surface area (Å²) < 4.78 is 13.0. The summed E-state index contributed by atoms with van der Waals surface area (Å²) in [6, 6.07) is 3.89. The van der Waals surface area contributed by atoms with Crippen molar-refractivity contribution >= 4 is 22.8 Å². The van der Waals surface area contributed by atoms with Crippen LogP contribution in [0.1, 0.15) is 18.9 Å². The van der Waals surface area contributed by atoms with Crippen molar-refractivity contribution in [1.29, 1.82) is 0 Å². The monoisotopic (exact) mass is 278 g/mol. The van der Waals surface area contributed by atoms with E-state index in [9.17, 15) is 14.0 Å². The number of carboxylic acids is 1. The van der Waals surface area contributed by atoms with Crippen molar-refractivity contribution in [3.63, 3.8) is 0 Å². The molecule has 3 N–H and O–H groups in total. The molecule has 2 rings (SSSR count). The van der Waals surface area contributed by atoms with E-state index in [1.54, 1.807) is 19.2 Å². The van der Waals surface area contributed by atoms with Crippen LogP contribution in [-0.4, -0.2) is 28.0 Å². The molecule has 1 atom stereocenters. The minimum Gasteiger partial charge on any atom is -0.481 e. The van der Waals surface area contributed by atoms with Crippen molar-refractivity contribution in [1.82, 2.24) is 10.3 Å². The Labute approximate surface area is 114 Å². The van der Waals surface area contributed by atoms with Gasteiger partial charge in [-0.2, -0.15) is 0 Å². The van der Waals surface area contributed by atoms with Crippen LogP contribution >= 0.6 is 0 Å². The largest absolute Gasteiger partial charge is 0.481 e. The molecule has 0 spiro atoms. The van der Waals surface area contributed by atoms with Crippen molar-refractivity contribution < 1.29 is 19.1 Å². The molecule has 1 unspecified atom stereocenters. The van der Waals surface area contributed by atoms with Crippen LogP contribution < -0.4 is 5.32 Å². The van der Waals surface area contributed by atoms with Gasteiger partial charge >= 0.3 is 5.97 Å². The van der Waals surface area contributed by atoms with Crippen LogP contribution in [0.25, 0.3) is 10.9 Å². The van der Waals surface area contributed by atoms with Crippen LogP contribution in [-0.2, 0) is 16.0 Å². The molecular formula is C14H15FN2O3. The highest BCUT2D eigenvalue weighted by Crippen LogP contribution is 2.19. The van der Waals surface area contributed by atoms with Crippen LogP contribution in [0.15, 0.2) is 24.4 Å². The lowest BCUT2D eigenvalue weighted by Crippen LogP contribution is -2.35. The van der Waals surface area contributed by atoms with Gasteiger partial charge in [0.25, 0.3) is 0 Å². The molecule has 0 aliphatic carbocycles. The number of aromatic nitrogens is 1. The van der Waals surface area contributed by atoms with Gasteiger partial charge < -0.3 is 15.4 Å². The van der Waals surface area contributed by atoms with E-state index in [1.807, 2.05) is 0 Å². The topological polar surface area (TPSA) is 82.2 Å². The number of halogens is 1. The van der Waals surface area contributed by atoms with Gasteiger partial charge in [-0.05, 0) is 30.7 Å². The van der Waals surface area contributed by atoms with Gasteiger partial charge in [0.15, 0.2) is 0 Å². The maximum absolute atomic E-state index is 13.0. The minimum absolute atomic E-state index is 0.120. The Balaban J connectivity index is 2.05. The molecule has 1 heterocycles. The summed E-state index contributed by atoms with van der Waals surface area (Å²) in [5.41, 5.74) is 1.38. The van der Waals surface area contributed by atoms with Gasteiger partial charge in [0.05, 0.1) is 12.8 Å². The van der Waals surface area contributed by atoms with E-state index in [0.717, 1.165) is 10.9 Å². The molecule has 5 nitrogen and oxygen atoms in total. The number of aliphatic carboxylic acids is 1. The number of carbonyl (C=O) groups excluding carboxylic acids is 1. The normalized spacial score (nSPS) is 12.3. The number of benzene rings is 1. The van der Waals surface area contributed by atoms with Gasteiger partial charge in [0.2, 0.25) is 5.91 Å². The van der Waals surface area contributed by atoms with E-state index in [1.165, 1.54) is 12.1 Å². The van der Waals surface area contributed by atoms with Gasteiger partial charge in [0.1, 0.15) is 5.82 Å². The fourth-order valence-corrected chi connectivity index (χ4v) is 2.12. The average Bonchev–Trinajstić information content (AvgIpc) is 2.70. The first-order valence-corrected chi connectivity index (χ1v) is 6.22. The summed E-state index contributed by atoms with van der Waals surface area (Å²) in [5, 5.41) is 12.0. The molecule has 20 heavy (non-hydrogen) atoms. The summed E-state index contributed by atoms with van der Waals surface area (Å²) in [5.74, 6) is -1.56. The number of aromatic amines is 1. The second kappa shape index (κ2) is 5.73. The summed E-state index contributed by atoms with van der Waals surface area (Å²) in [6.07, 6.45) is 1.66. The molecule has 0 bridgehead atoms. The Bertz CT molecular complexity index is 651. The van der Waals surface area contributed by atoms with Crippen LogP contribution in [0.4, 0.5) is 4.39 Å². The van der Waals surface area contributed by atoms with E-state index in [-0.39, 0.29) is 24.6 Å². The maximum atomic E-state index is 13.0. The third-order valence-electron chi connectivity index (χ3n) is 2.97. The molecule has 1 amide bonds. The summed E-state index contributed by atoms with van der Waals surface area (Å²) in [4.78, 5) is 25.2. The second-order valence-electron chi connectivity index (χ2n) is 4.75. The lowest BCUT2D eigenvalue weighted by Gasteiger charge is -2.11. The van der Waals surface area contributed by atoms with Gasteiger partial charge in [-0.25, -0.2) is 4.39 Å². The number of amides is 1. The first kappa shape index (κ1) is 14.0. The third-order valence-corrected chi connectivity index (χ3v) is 2.97. The fraction of sp³-hybridized carbons (Fsp3) is 0.286. The predicted molar refractivity (Wildman–Crippen MR) is 71.8 cm³/mol. The smallest absolute Gasteiger partial charge is 0.305 e. The number of hydrogen-bond acceptors (Lipinski definition) is 2.